The monoisotopic (exact) mass is 406 g/mol. The molecule has 2 aliphatic rings. The molecule has 0 aromatic rings. The minimum atomic E-state index is -0.316. The Kier molecular flexibility index (Phi) is 9.64. The largest absolute Gasteiger partial charge is 0.463 e. The molecule has 3 unspecified atom stereocenters. The molecule has 2 rings (SSSR count). The maximum Gasteiger partial charge on any atom is 0.333 e. The second kappa shape index (κ2) is 11.0. The summed E-state index contributed by atoms with van der Waals surface area (Å²) >= 11 is 0. The lowest BCUT2D eigenvalue weighted by molar-refractivity contribution is -0.151. The van der Waals surface area contributed by atoms with Gasteiger partial charge in [-0.25, -0.2) is 9.59 Å². The average molecular weight is 407 g/mol. The summed E-state index contributed by atoms with van der Waals surface area (Å²) in [5, 5.41) is 0. The summed E-state index contributed by atoms with van der Waals surface area (Å²) in [7, 11) is 0. The van der Waals surface area contributed by atoms with Gasteiger partial charge in [-0.15, -0.1) is 0 Å². The number of unbranched alkanes of at least 4 members (excludes halogenated alkanes) is 2. The molecule has 0 aliphatic heterocycles. The Morgan fingerprint density at radius 1 is 1.17 bits per heavy atom. The van der Waals surface area contributed by atoms with Gasteiger partial charge in [-0.2, -0.15) is 0 Å². The molecular formula is C25H42O4. The van der Waals surface area contributed by atoms with Crippen LogP contribution in [0.3, 0.4) is 0 Å². The van der Waals surface area contributed by atoms with Crippen molar-refractivity contribution >= 4 is 11.9 Å². The summed E-state index contributed by atoms with van der Waals surface area (Å²) in [6.07, 6.45) is 9.37. The summed E-state index contributed by atoms with van der Waals surface area (Å²) in [6.45, 7) is 20.6. The lowest BCUT2D eigenvalue weighted by Gasteiger charge is -2.38. The number of esters is 2. The molecule has 2 fully saturated rings. The van der Waals surface area contributed by atoms with Crippen LogP contribution >= 0.6 is 0 Å². The van der Waals surface area contributed by atoms with E-state index in [0.29, 0.717) is 23.5 Å². The van der Waals surface area contributed by atoms with Gasteiger partial charge in [0.05, 0.1) is 6.61 Å². The predicted octanol–water partition coefficient (Wildman–Crippen LogP) is 6.25. The molecule has 4 heteroatoms. The quantitative estimate of drug-likeness (QED) is 0.258. The molecule has 0 aromatic carbocycles. The van der Waals surface area contributed by atoms with E-state index in [1.54, 1.807) is 6.92 Å². The number of hydrogen-bond acceptors (Lipinski definition) is 4. The van der Waals surface area contributed by atoms with E-state index in [4.69, 9.17) is 9.47 Å². The van der Waals surface area contributed by atoms with Crippen molar-refractivity contribution in [2.45, 2.75) is 92.6 Å². The van der Waals surface area contributed by atoms with Crippen LogP contribution in [0.2, 0.25) is 0 Å². The van der Waals surface area contributed by atoms with Crippen molar-refractivity contribution in [1.82, 2.24) is 0 Å². The zero-order valence-corrected chi connectivity index (χ0v) is 19.5. The summed E-state index contributed by atoms with van der Waals surface area (Å²) in [5.41, 5.74) is 0.958. The summed E-state index contributed by atoms with van der Waals surface area (Å²) < 4.78 is 10.4. The molecule has 3 atom stereocenters. The predicted molar refractivity (Wildman–Crippen MR) is 118 cm³/mol. The van der Waals surface area contributed by atoms with Crippen LogP contribution in [0.15, 0.2) is 24.8 Å². The van der Waals surface area contributed by atoms with Gasteiger partial charge in [0.2, 0.25) is 0 Å². The summed E-state index contributed by atoms with van der Waals surface area (Å²) in [4.78, 5) is 22.2. The van der Waals surface area contributed by atoms with Crippen molar-refractivity contribution in [3.05, 3.63) is 24.8 Å². The summed E-state index contributed by atoms with van der Waals surface area (Å²) in [6, 6.07) is 0. The lowest BCUT2D eigenvalue weighted by Crippen LogP contribution is -2.38. The number of fused-ring (bicyclic) bond motifs is 2. The maximum absolute atomic E-state index is 11.6. The number of carbonyl (C=O) groups is 2. The minimum Gasteiger partial charge on any atom is -0.463 e. The SMILES string of the molecule is C=C(C)C(=O)OC1CC2CCC1(C)C2(C)C.C=CC(=O)OCCCCCC(C)C. The Balaban J connectivity index is 0.000000298. The van der Waals surface area contributed by atoms with Crippen molar-refractivity contribution < 1.29 is 19.1 Å². The Hall–Kier alpha value is -1.58. The van der Waals surface area contributed by atoms with Gasteiger partial charge in [0, 0.05) is 17.1 Å². The first-order chi connectivity index (χ1) is 13.5. The van der Waals surface area contributed by atoms with Crippen molar-refractivity contribution in [3.63, 3.8) is 0 Å². The van der Waals surface area contributed by atoms with E-state index in [2.05, 4.69) is 47.8 Å². The van der Waals surface area contributed by atoms with Gasteiger partial charge in [0.25, 0.3) is 0 Å². The van der Waals surface area contributed by atoms with E-state index in [0.717, 1.165) is 25.2 Å². The van der Waals surface area contributed by atoms with Crippen LogP contribution in [0.5, 0.6) is 0 Å². The van der Waals surface area contributed by atoms with E-state index in [1.165, 1.54) is 31.8 Å². The first-order valence-corrected chi connectivity index (χ1v) is 11.1. The molecule has 29 heavy (non-hydrogen) atoms. The third-order valence-electron chi connectivity index (χ3n) is 7.15. The van der Waals surface area contributed by atoms with Crippen LogP contribution in [-0.4, -0.2) is 24.6 Å². The van der Waals surface area contributed by atoms with E-state index >= 15 is 0 Å². The van der Waals surface area contributed by atoms with E-state index in [-0.39, 0.29) is 23.5 Å². The molecule has 0 spiro atoms. The highest BCUT2D eigenvalue weighted by molar-refractivity contribution is 5.87. The van der Waals surface area contributed by atoms with Crippen LogP contribution in [0.25, 0.3) is 0 Å². The Bertz CT molecular complexity index is 590. The van der Waals surface area contributed by atoms with Gasteiger partial charge < -0.3 is 9.47 Å². The molecule has 0 saturated heterocycles. The van der Waals surface area contributed by atoms with Gasteiger partial charge in [-0.05, 0) is 49.9 Å². The molecular weight excluding hydrogens is 364 g/mol. The first-order valence-electron chi connectivity index (χ1n) is 11.1. The third kappa shape index (κ3) is 6.72. The lowest BCUT2D eigenvalue weighted by atomic mass is 9.70. The molecule has 4 nitrogen and oxygen atoms in total. The van der Waals surface area contributed by atoms with E-state index < -0.39 is 0 Å². The van der Waals surface area contributed by atoms with Gasteiger partial charge in [0.1, 0.15) is 6.10 Å². The van der Waals surface area contributed by atoms with Crippen LogP contribution < -0.4 is 0 Å². The number of ether oxygens (including phenoxy) is 2. The molecule has 0 heterocycles. The second-order valence-corrected chi connectivity index (χ2v) is 9.90. The smallest absolute Gasteiger partial charge is 0.333 e. The van der Waals surface area contributed by atoms with Crippen LogP contribution in [0, 0.1) is 22.7 Å². The molecule has 2 bridgehead atoms. The maximum atomic E-state index is 11.6. The fourth-order valence-electron chi connectivity index (χ4n) is 4.60. The van der Waals surface area contributed by atoms with Crippen LogP contribution in [0.1, 0.15) is 86.5 Å². The molecule has 0 aromatic heterocycles. The Morgan fingerprint density at radius 3 is 2.28 bits per heavy atom. The van der Waals surface area contributed by atoms with E-state index in [1.807, 2.05) is 0 Å². The fraction of sp³-hybridized carbons (Fsp3) is 0.760. The van der Waals surface area contributed by atoms with E-state index in [9.17, 15) is 9.59 Å². The topological polar surface area (TPSA) is 52.6 Å². The van der Waals surface area contributed by atoms with Gasteiger partial charge in [0.15, 0.2) is 0 Å². The summed E-state index contributed by atoms with van der Waals surface area (Å²) in [5.74, 6) is 0.939. The molecule has 2 aliphatic carbocycles. The zero-order valence-electron chi connectivity index (χ0n) is 19.5. The standard InChI is InChI=1S/C14H22O2.C11H20O2/c1-9(2)12(15)16-11-8-10-6-7-14(11,5)13(10,3)4;1-4-11(12)13-9-7-5-6-8-10(2)3/h10-11H,1,6-8H2,2-5H3;4,10H,1,5-9H2,2-3H3. The highest BCUT2D eigenvalue weighted by atomic mass is 16.5. The van der Waals surface area contributed by atoms with Crippen LogP contribution in [0.4, 0.5) is 0 Å². The average Bonchev–Trinajstić information content (AvgIpc) is 2.98. The number of hydrogen-bond donors (Lipinski definition) is 0. The number of rotatable bonds is 9. The highest BCUT2D eigenvalue weighted by Gasteiger charge is 2.62. The molecule has 166 valence electrons. The molecule has 0 radical (unpaired) electrons. The number of carbonyl (C=O) groups excluding carboxylic acids is 2. The Morgan fingerprint density at radius 2 is 1.83 bits per heavy atom. The van der Waals surface area contributed by atoms with Gasteiger partial charge in [-0.3, -0.25) is 0 Å². The van der Waals surface area contributed by atoms with Crippen molar-refractivity contribution in [1.29, 1.82) is 0 Å². The van der Waals surface area contributed by atoms with Gasteiger partial charge >= 0.3 is 11.9 Å². The zero-order chi connectivity index (χ0) is 22.2. The van der Waals surface area contributed by atoms with Crippen LogP contribution in [-0.2, 0) is 19.1 Å². The third-order valence-corrected chi connectivity index (χ3v) is 7.15. The minimum absolute atomic E-state index is 0.0884. The fourth-order valence-corrected chi connectivity index (χ4v) is 4.60. The molecule has 0 amide bonds. The van der Waals surface area contributed by atoms with Crippen molar-refractivity contribution in [2.24, 2.45) is 22.7 Å². The van der Waals surface area contributed by atoms with Gasteiger partial charge in [-0.1, -0.05) is 67.0 Å². The van der Waals surface area contributed by atoms with Crippen molar-refractivity contribution in [3.8, 4) is 0 Å². The molecule has 2 saturated carbocycles. The Labute approximate surface area is 178 Å². The normalized spacial score (nSPS) is 26.4. The second-order valence-electron chi connectivity index (χ2n) is 9.90. The molecule has 0 N–H and O–H groups in total. The highest BCUT2D eigenvalue weighted by Crippen LogP contribution is 2.66. The first kappa shape index (κ1) is 25.5. The van der Waals surface area contributed by atoms with Crippen molar-refractivity contribution in [2.75, 3.05) is 6.61 Å².